The third kappa shape index (κ3) is 5.38. The first kappa shape index (κ1) is 22.5. The van der Waals surface area contributed by atoms with Gasteiger partial charge in [-0.3, -0.25) is 4.57 Å². The summed E-state index contributed by atoms with van der Waals surface area (Å²) in [6, 6.07) is 5.73. The normalized spacial score (nSPS) is 13.7. The zero-order valence-electron chi connectivity index (χ0n) is 16.1. The van der Waals surface area contributed by atoms with Crippen molar-refractivity contribution in [2.45, 2.75) is 40.0 Å². The van der Waals surface area contributed by atoms with Gasteiger partial charge in [-0.05, 0) is 91.9 Å². The first-order valence-corrected chi connectivity index (χ1v) is 12.5. The van der Waals surface area contributed by atoms with Crippen LogP contribution in [0.3, 0.4) is 0 Å². The zero-order chi connectivity index (χ0) is 20.5. The lowest BCUT2D eigenvalue weighted by atomic mass is 9.93. The molecule has 1 atom stereocenters. The highest BCUT2D eigenvalue weighted by atomic mass is 79.9. The molecule has 0 bridgehead atoms. The minimum Gasteiger partial charge on any atom is -0.508 e. The van der Waals surface area contributed by atoms with Crippen molar-refractivity contribution < 1.29 is 19.3 Å². The van der Waals surface area contributed by atoms with E-state index in [0.29, 0.717) is 17.9 Å². The van der Waals surface area contributed by atoms with Crippen LogP contribution in [0.2, 0.25) is 0 Å². The smallest absolute Gasteiger partial charge is 0.233 e. The molecule has 0 radical (unpaired) electrons. The molecule has 27 heavy (non-hydrogen) atoms. The Morgan fingerprint density at radius 3 is 2.19 bits per heavy atom. The molecule has 2 rings (SSSR count). The minimum absolute atomic E-state index is 0.238. The molecule has 2 aromatic carbocycles. The van der Waals surface area contributed by atoms with Crippen LogP contribution in [0.1, 0.15) is 47.6 Å². The van der Waals surface area contributed by atoms with E-state index in [2.05, 4.69) is 45.7 Å². The van der Waals surface area contributed by atoms with E-state index in [9.17, 15) is 14.6 Å². The van der Waals surface area contributed by atoms with Crippen molar-refractivity contribution in [3.8, 4) is 11.5 Å². The van der Waals surface area contributed by atoms with Crippen LogP contribution in [0, 0.1) is 13.8 Å². The first-order valence-electron chi connectivity index (χ1n) is 8.63. The number of phenols is 1. The number of halogens is 2. The van der Waals surface area contributed by atoms with E-state index in [1.54, 1.807) is 6.07 Å². The highest BCUT2D eigenvalue weighted by molar-refractivity contribution is 9.11. The van der Waals surface area contributed by atoms with Crippen molar-refractivity contribution in [3.05, 3.63) is 55.0 Å². The Bertz CT molecular complexity index is 874. The maximum absolute atomic E-state index is 11.6. The standard InChI is InChI=1S/C20H25Br2O4P/c1-11(2)15-8-14(6-7-17(15)23)9-16-12(3)18(21)20(19(22)13(16)4)26-10-27(5,24)25/h6-8,11,23H,9-10H2,1-5H3,(H,24,25). The van der Waals surface area contributed by atoms with E-state index >= 15 is 0 Å². The number of benzene rings is 2. The topological polar surface area (TPSA) is 66.8 Å². The average Bonchev–Trinajstić information content (AvgIpc) is 2.57. The summed E-state index contributed by atoms with van der Waals surface area (Å²) >= 11 is 7.16. The predicted octanol–water partition coefficient (Wildman–Crippen LogP) is 6.48. The molecule has 148 valence electrons. The molecule has 7 heteroatoms. The van der Waals surface area contributed by atoms with Crippen LogP contribution in [-0.2, 0) is 11.0 Å². The molecule has 0 heterocycles. The lowest BCUT2D eigenvalue weighted by Gasteiger charge is -2.20. The maximum atomic E-state index is 11.6. The van der Waals surface area contributed by atoms with E-state index in [-0.39, 0.29) is 12.3 Å². The number of ether oxygens (including phenoxy) is 1. The Labute approximate surface area is 177 Å². The van der Waals surface area contributed by atoms with Gasteiger partial charge in [0.2, 0.25) is 7.37 Å². The molecule has 0 amide bonds. The summed E-state index contributed by atoms with van der Waals surface area (Å²) in [6.07, 6.45) is 0.472. The highest BCUT2D eigenvalue weighted by Crippen LogP contribution is 2.44. The second kappa shape index (κ2) is 8.69. The van der Waals surface area contributed by atoms with Gasteiger partial charge in [0, 0.05) is 6.66 Å². The quantitative estimate of drug-likeness (QED) is 0.428. The van der Waals surface area contributed by atoms with Gasteiger partial charge in [0.1, 0.15) is 11.5 Å². The maximum Gasteiger partial charge on any atom is 0.233 e. The van der Waals surface area contributed by atoms with Crippen LogP contribution in [0.4, 0.5) is 0 Å². The van der Waals surface area contributed by atoms with E-state index in [0.717, 1.165) is 36.8 Å². The molecule has 2 aromatic rings. The SMILES string of the molecule is Cc1c(Br)c(OCP(C)(=O)O)c(Br)c(C)c1Cc1ccc(O)c(C(C)C)c1. The summed E-state index contributed by atoms with van der Waals surface area (Å²) in [5.41, 5.74) is 5.23. The van der Waals surface area contributed by atoms with Crippen molar-refractivity contribution in [1.82, 2.24) is 0 Å². The Balaban J connectivity index is 2.44. The third-order valence-corrected chi connectivity index (χ3v) is 7.02. The molecule has 1 unspecified atom stereocenters. The number of hydrogen-bond acceptors (Lipinski definition) is 3. The molecule has 0 aliphatic rings. The van der Waals surface area contributed by atoms with Crippen molar-refractivity contribution in [2.24, 2.45) is 0 Å². The fourth-order valence-electron chi connectivity index (χ4n) is 2.94. The molecule has 4 nitrogen and oxygen atoms in total. The summed E-state index contributed by atoms with van der Waals surface area (Å²) in [6.45, 7) is 9.39. The fourth-order valence-corrected chi connectivity index (χ4v) is 4.68. The number of hydrogen-bond donors (Lipinski definition) is 2. The Hall–Kier alpha value is -0.810. The Morgan fingerprint density at radius 1 is 1.15 bits per heavy atom. The van der Waals surface area contributed by atoms with E-state index in [1.165, 1.54) is 6.66 Å². The lowest BCUT2D eigenvalue weighted by molar-refractivity contribution is 0.348. The van der Waals surface area contributed by atoms with Crippen LogP contribution in [0.15, 0.2) is 27.1 Å². The van der Waals surface area contributed by atoms with Crippen LogP contribution in [0.5, 0.6) is 11.5 Å². The lowest BCUT2D eigenvalue weighted by Crippen LogP contribution is -2.05. The molecular weight excluding hydrogens is 495 g/mol. The van der Waals surface area contributed by atoms with Gasteiger partial charge in [0.25, 0.3) is 0 Å². The van der Waals surface area contributed by atoms with Gasteiger partial charge in [0.05, 0.1) is 8.95 Å². The average molecular weight is 520 g/mol. The van der Waals surface area contributed by atoms with E-state index < -0.39 is 7.37 Å². The van der Waals surface area contributed by atoms with Gasteiger partial charge in [-0.25, -0.2) is 0 Å². The largest absolute Gasteiger partial charge is 0.508 e. The van der Waals surface area contributed by atoms with Crippen LogP contribution in [-0.4, -0.2) is 23.0 Å². The van der Waals surface area contributed by atoms with Crippen LogP contribution < -0.4 is 4.74 Å². The third-order valence-electron chi connectivity index (χ3n) is 4.51. The Kier molecular flexibility index (Phi) is 7.23. The van der Waals surface area contributed by atoms with Gasteiger partial charge in [0.15, 0.2) is 6.35 Å². The summed E-state index contributed by atoms with van der Waals surface area (Å²) in [5, 5.41) is 10.1. The van der Waals surface area contributed by atoms with Gasteiger partial charge in [-0.15, -0.1) is 0 Å². The molecule has 2 N–H and O–H groups in total. The Morgan fingerprint density at radius 2 is 1.70 bits per heavy atom. The van der Waals surface area contributed by atoms with Gasteiger partial charge < -0.3 is 14.7 Å². The molecule has 0 aliphatic carbocycles. The van der Waals surface area contributed by atoms with Gasteiger partial charge in [-0.1, -0.05) is 26.0 Å². The summed E-state index contributed by atoms with van der Waals surface area (Å²) < 4.78 is 18.7. The molecule has 0 saturated heterocycles. The number of rotatable bonds is 6. The first-order chi connectivity index (χ1) is 12.4. The molecule has 0 saturated carbocycles. The molecule has 0 aliphatic heterocycles. The van der Waals surface area contributed by atoms with Crippen LogP contribution in [0.25, 0.3) is 0 Å². The molecule has 0 aromatic heterocycles. The second-order valence-corrected chi connectivity index (χ2v) is 11.2. The van der Waals surface area contributed by atoms with Crippen molar-refractivity contribution in [3.63, 3.8) is 0 Å². The van der Waals surface area contributed by atoms with E-state index in [1.807, 2.05) is 26.0 Å². The van der Waals surface area contributed by atoms with Crippen molar-refractivity contribution in [2.75, 3.05) is 13.0 Å². The monoisotopic (exact) mass is 518 g/mol. The molecular formula is C20H25Br2O4P. The zero-order valence-corrected chi connectivity index (χ0v) is 20.2. The van der Waals surface area contributed by atoms with Gasteiger partial charge >= 0.3 is 0 Å². The highest BCUT2D eigenvalue weighted by Gasteiger charge is 2.21. The predicted molar refractivity (Wildman–Crippen MR) is 118 cm³/mol. The van der Waals surface area contributed by atoms with Crippen LogP contribution >= 0.6 is 39.2 Å². The fraction of sp³-hybridized carbons (Fsp3) is 0.400. The van der Waals surface area contributed by atoms with Crippen molar-refractivity contribution in [1.29, 1.82) is 0 Å². The number of phenolic OH excluding ortho intramolecular Hbond substituents is 1. The second-order valence-electron chi connectivity index (χ2n) is 7.23. The number of aromatic hydroxyl groups is 1. The summed E-state index contributed by atoms with van der Waals surface area (Å²) in [4.78, 5) is 9.52. The molecule has 0 spiro atoms. The van der Waals surface area contributed by atoms with E-state index in [4.69, 9.17) is 4.74 Å². The van der Waals surface area contributed by atoms with Gasteiger partial charge in [-0.2, -0.15) is 0 Å². The molecule has 0 fully saturated rings. The minimum atomic E-state index is -3.28. The summed E-state index contributed by atoms with van der Waals surface area (Å²) in [5.74, 6) is 1.10. The van der Waals surface area contributed by atoms with Crippen molar-refractivity contribution >= 4 is 39.2 Å². The summed E-state index contributed by atoms with van der Waals surface area (Å²) in [7, 11) is -3.28.